The summed E-state index contributed by atoms with van der Waals surface area (Å²) in [5, 5.41) is 1.67. The molecule has 2 aliphatic rings. The van der Waals surface area contributed by atoms with Crippen molar-refractivity contribution in [1.29, 1.82) is 0 Å². The highest BCUT2D eigenvalue weighted by Crippen LogP contribution is 2.47. The Bertz CT molecular complexity index is 1130. The lowest BCUT2D eigenvalue weighted by Gasteiger charge is -2.28. The minimum atomic E-state index is -0.906. The number of imide groups is 1. The molecule has 7 nitrogen and oxygen atoms in total. The molecule has 3 aromatic carbocycles. The second-order valence-electron chi connectivity index (χ2n) is 7.64. The monoisotopic (exact) mass is 430 g/mol. The summed E-state index contributed by atoms with van der Waals surface area (Å²) in [5.41, 5.74) is 2.14. The zero-order chi connectivity index (χ0) is 22.2. The molecule has 2 fully saturated rings. The third-order valence-corrected chi connectivity index (χ3v) is 5.91. The van der Waals surface area contributed by atoms with Crippen molar-refractivity contribution < 1.29 is 23.9 Å². The molecular formula is C25H22N2O5. The summed E-state index contributed by atoms with van der Waals surface area (Å²) in [6, 6.07) is 23.4. The van der Waals surface area contributed by atoms with E-state index in [0.717, 1.165) is 11.3 Å². The maximum atomic E-state index is 13.6. The van der Waals surface area contributed by atoms with Gasteiger partial charge in [0.15, 0.2) is 6.10 Å². The molecule has 0 bridgehead atoms. The summed E-state index contributed by atoms with van der Waals surface area (Å²) in [6.45, 7) is 0. The molecule has 7 heteroatoms. The van der Waals surface area contributed by atoms with Crippen molar-refractivity contribution >= 4 is 23.2 Å². The molecule has 3 atom stereocenters. The zero-order valence-corrected chi connectivity index (χ0v) is 17.7. The Morgan fingerprint density at radius 1 is 0.719 bits per heavy atom. The number of anilines is 2. The Balaban J connectivity index is 1.53. The number of carbonyl (C=O) groups is 2. The van der Waals surface area contributed by atoms with E-state index < -0.39 is 18.1 Å². The van der Waals surface area contributed by atoms with E-state index in [1.54, 1.807) is 43.5 Å². The lowest BCUT2D eigenvalue weighted by atomic mass is 9.90. The lowest BCUT2D eigenvalue weighted by molar-refractivity contribution is -0.126. The third-order valence-electron chi connectivity index (χ3n) is 5.91. The van der Waals surface area contributed by atoms with Crippen molar-refractivity contribution in [2.24, 2.45) is 5.92 Å². The van der Waals surface area contributed by atoms with E-state index in [1.807, 2.05) is 54.6 Å². The number of hydrogen-bond acceptors (Lipinski definition) is 6. The van der Waals surface area contributed by atoms with E-state index in [1.165, 1.54) is 4.90 Å². The van der Waals surface area contributed by atoms with Gasteiger partial charge in [-0.15, -0.1) is 0 Å². The van der Waals surface area contributed by atoms with Crippen LogP contribution in [0.5, 0.6) is 11.5 Å². The van der Waals surface area contributed by atoms with Crippen LogP contribution in [0, 0.1) is 5.92 Å². The molecular weight excluding hydrogens is 408 g/mol. The van der Waals surface area contributed by atoms with Gasteiger partial charge in [-0.25, -0.2) is 9.96 Å². The molecule has 3 aromatic rings. The lowest BCUT2D eigenvalue weighted by Crippen LogP contribution is -2.37. The number of nitrogens with zero attached hydrogens (tertiary/aromatic N) is 2. The first-order valence-corrected chi connectivity index (χ1v) is 10.3. The third kappa shape index (κ3) is 3.18. The van der Waals surface area contributed by atoms with Crippen LogP contribution < -0.4 is 19.4 Å². The summed E-state index contributed by atoms with van der Waals surface area (Å²) in [6.07, 6.45) is -0.906. The quantitative estimate of drug-likeness (QED) is 0.575. The number of rotatable bonds is 5. The Labute approximate surface area is 185 Å². The van der Waals surface area contributed by atoms with Gasteiger partial charge in [0, 0.05) is 0 Å². The van der Waals surface area contributed by atoms with E-state index in [4.69, 9.17) is 14.3 Å². The van der Waals surface area contributed by atoms with Crippen LogP contribution in [0.1, 0.15) is 11.6 Å². The smallest absolute Gasteiger partial charge is 0.266 e. The van der Waals surface area contributed by atoms with Gasteiger partial charge in [0.25, 0.3) is 5.91 Å². The summed E-state index contributed by atoms with van der Waals surface area (Å²) < 4.78 is 10.4. The number of hydroxylamine groups is 1. The van der Waals surface area contributed by atoms with E-state index in [9.17, 15) is 9.59 Å². The number of ether oxygens (including phenoxy) is 2. The van der Waals surface area contributed by atoms with Crippen LogP contribution >= 0.6 is 0 Å². The number of fused-ring (bicyclic) bond motifs is 1. The molecule has 2 aliphatic heterocycles. The highest BCUT2D eigenvalue weighted by Gasteiger charge is 2.60. The number of hydrogen-bond donors (Lipinski definition) is 0. The first-order chi connectivity index (χ1) is 15.6. The van der Waals surface area contributed by atoms with Gasteiger partial charge in [0.1, 0.15) is 17.4 Å². The van der Waals surface area contributed by atoms with Crippen molar-refractivity contribution in [3.05, 3.63) is 84.4 Å². The number of methoxy groups -OCH3 is 2. The summed E-state index contributed by atoms with van der Waals surface area (Å²) >= 11 is 0. The van der Waals surface area contributed by atoms with Crippen LogP contribution in [0.25, 0.3) is 0 Å². The Kier molecular flexibility index (Phi) is 5.03. The van der Waals surface area contributed by atoms with Crippen molar-refractivity contribution in [2.45, 2.75) is 12.1 Å². The summed E-state index contributed by atoms with van der Waals surface area (Å²) in [4.78, 5) is 34.2. The highest BCUT2D eigenvalue weighted by atomic mass is 16.7. The molecule has 0 saturated carbocycles. The Morgan fingerprint density at radius 3 is 1.84 bits per heavy atom. The van der Waals surface area contributed by atoms with Gasteiger partial charge in [0.2, 0.25) is 5.91 Å². The van der Waals surface area contributed by atoms with Gasteiger partial charge >= 0.3 is 0 Å². The van der Waals surface area contributed by atoms with Gasteiger partial charge in [-0.1, -0.05) is 30.3 Å². The maximum Gasteiger partial charge on any atom is 0.266 e. The van der Waals surface area contributed by atoms with Crippen molar-refractivity contribution in [3.63, 3.8) is 0 Å². The molecule has 2 saturated heterocycles. The second kappa shape index (κ2) is 8.01. The Hall–Kier alpha value is -3.84. The molecule has 5 rings (SSSR count). The molecule has 0 aromatic heterocycles. The minimum Gasteiger partial charge on any atom is -0.497 e. The fourth-order valence-corrected chi connectivity index (χ4v) is 4.34. The number of amides is 2. The molecule has 2 heterocycles. The van der Waals surface area contributed by atoms with Gasteiger partial charge in [0.05, 0.1) is 31.6 Å². The minimum absolute atomic E-state index is 0.282. The van der Waals surface area contributed by atoms with Crippen LogP contribution in [-0.2, 0) is 14.4 Å². The van der Waals surface area contributed by atoms with Crippen LogP contribution in [0.2, 0.25) is 0 Å². The van der Waals surface area contributed by atoms with Crippen molar-refractivity contribution in [2.75, 3.05) is 24.2 Å². The van der Waals surface area contributed by atoms with Crippen LogP contribution in [-0.4, -0.2) is 32.1 Å². The van der Waals surface area contributed by atoms with E-state index >= 15 is 0 Å². The van der Waals surface area contributed by atoms with Gasteiger partial charge in [-0.05, 0) is 54.1 Å². The van der Waals surface area contributed by atoms with E-state index in [2.05, 4.69) is 0 Å². The van der Waals surface area contributed by atoms with Gasteiger partial charge in [-0.3, -0.25) is 14.4 Å². The van der Waals surface area contributed by atoms with Crippen LogP contribution in [0.15, 0.2) is 78.9 Å². The average Bonchev–Trinajstić information content (AvgIpc) is 3.36. The maximum absolute atomic E-state index is 13.6. The fraction of sp³-hybridized carbons (Fsp3) is 0.200. The summed E-state index contributed by atoms with van der Waals surface area (Å²) in [7, 11) is 3.17. The zero-order valence-electron chi connectivity index (χ0n) is 17.7. The molecule has 32 heavy (non-hydrogen) atoms. The average molecular weight is 430 g/mol. The van der Waals surface area contributed by atoms with E-state index in [0.29, 0.717) is 17.2 Å². The molecule has 0 N–H and O–H groups in total. The first kappa shape index (κ1) is 20.1. The molecule has 2 amide bonds. The fourth-order valence-electron chi connectivity index (χ4n) is 4.34. The standard InChI is InChI=1S/C25H22N2O5/c1-30-19-12-8-17(9-13-19)26-24(28)21-22(16-6-4-3-5-7-16)27(32-23(21)25(26)29)18-10-14-20(31-2)15-11-18/h3-15,21-23H,1-2H3/t21-,22+,23+/m0/s1. The molecule has 0 unspecified atom stereocenters. The predicted octanol–water partition coefficient (Wildman–Crippen LogP) is 3.75. The number of carbonyl (C=O) groups excluding carboxylic acids is 2. The first-order valence-electron chi connectivity index (χ1n) is 10.3. The second-order valence-corrected chi connectivity index (χ2v) is 7.64. The molecule has 162 valence electrons. The number of benzene rings is 3. The van der Waals surface area contributed by atoms with Crippen LogP contribution in [0.3, 0.4) is 0 Å². The summed E-state index contributed by atoms with van der Waals surface area (Å²) in [5.74, 6) is 0.0330. The topological polar surface area (TPSA) is 68.3 Å². The van der Waals surface area contributed by atoms with Crippen molar-refractivity contribution in [3.8, 4) is 11.5 Å². The normalized spacial score (nSPS) is 22.2. The predicted molar refractivity (Wildman–Crippen MR) is 119 cm³/mol. The highest BCUT2D eigenvalue weighted by molar-refractivity contribution is 6.23. The van der Waals surface area contributed by atoms with Gasteiger partial charge < -0.3 is 9.47 Å². The van der Waals surface area contributed by atoms with Gasteiger partial charge in [-0.2, -0.15) is 0 Å². The largest absolute Gasteiger partial charge is 0.497 e. The molecule has 0 spiro atoms. The van der Waals surface area contributed by atoms with E-state index in [-0.39, 0.29) is 11.8 Å². The SMILES string of the molecule is COc1ccc(N2C(=O)[C@H]3[C@@H](c4ccccc4)N(c4ccc(OC)cc4)O[C@H]3C2=O)cc1. The Morgan fingerprint density at radius 2 is 1.28 bits per heavy atom. The van der Waals surface area contributed by atoms with Crippen molar-refractivity contribution in [1.82, 2.24) is 0 Å². The molecule has 0 aliphatic carbocycles. The molecule has 0 radical (unpaired) electrons. The van der Waals surface area contributed by atoms with Crippen LogP contribution in [0.4, 0.5) is 11.4 Å².